The van der Waals surface area contributed by atoms with E-state index in [4.69, 9.17) is 10.8 Å². The van der Waals surface area contributed by atoms with Crippen LogP contribution in [0.15, 0.2) is 16.6 Å². The van der Waals surface area contributed by atoms with Gasteiger partial charge in [-0.3, -0.25) is 0 Å². The lowest BCUT2D eigenvalue weighted by Crippen LogP contribution is -1.98. The molecule has 1 aromatic carbocycles. The van der Waals surface area contributed by atoms with Gasteiger partial charge >= 0.3 is 0 Å². The van der Waals surface area contributed by atoms with Crippen molar-refractivity contribution in [1.29, 1.82) is 0 Å². The number of rotatable bonds is 1. The molecular formula is C7H7BrFNO. The number of benzene rings is 1. The Morgan fingerprint density at radius 3 is 2.73 bits per heavy atom. The Hall–Kier alpha value is -0.610. The first-order chi connectivity index (χ1) is 5.16. The van der Waals surface area contributed by atoms with Crippen molar-refractivity contribution < 1.29 is 9.50 Å². The van der Waals surface area contributed by atoms with E-state index in [9.17, 15) is 4.39 Å². The second-order valence-corrected chi connectivity index (χ2v) is 2.95. The van der Waals surface area contributed by atoms with Crippen LogP contribution in [0.5, 0.6) is 0 Å². The summed E-state index contributed by atoms with van der Waals surface area (Å²) in [5.74, 6) is -0.517. The SMILES string of the molecule is Nc1c(CO)ccc(Br)c1F. The van der Waals surface area contributed by atoms with E-state index < -0.39 is 5.82 Å². The van der Waals surface area contributed by atoms with Crippen LogP contribution in [0.25, 0.3) is 0 Å². The van der Waals surface area contributed by atoms with Crippen LogP contribution < -0.4 is 5.73 Å². The van der Waals surface area contributed by atoms with Gasteiger partial charge < -0.3 is 10.8 Å². The molecule has 2 nitrogen and oxygen atoms in total. The van der Waals surface area contributed by atoms with Gasteiger partial charge in [-0.25, -0.2) is 4.39 Å². The molecule has 0 aliphatic rings. The van der Waals surface area contributed by atoms with Crippen LogP contribution >= 0.6 is 15.9 Å². The number of hydrogen-bond donors (Lipinski definition) is 2. The summed E-state index contributed by atoms with van der Waals surface area (Å²) in [5.41, 5.74) is 5.74. The lowest BCUT2D eigenvalue weighted by molar-refractivity contribution is 0.282. The largest absolute Gasteiger partial charge is 0.396 e. The third kappa shape index (κ3) is 1.52. The maximum Gasteiger partial charge on any atom is 0.160 e. The summed E-state index contributed by atoms with van der Waals surface area (Å²) in [7, 11) is 0. The first-order valence-corrected chi connectivity index (χ1v) is 3.79. The number of nitrogen functional groups attached to an aromatic ring is 1. The highest BCUT2D eigenvalue weighted by Gasteiger charge is 2.06. The Bertz CT molecular complexity index is 277. The molecule has 0 atom stereocenters. The number of anilines is 1. The molecule has 0 heterocycles. The highest BCUT2D eigenvalue weighted by molar-refractivity contribution is 9.10. The molecule has 0 spiro atoms. The lowest BCUT2D eigenvalue weighted by Gasteiger charge is -2.03. The van der Waals surface area contributed by atoms with E-state index in [-0.39, 0.29) is 12.3 Å². The van der Waals surface area contributed by atoms with Gasteiger partial charge in [-0.2, -0.15) is 0 Å². The quantitative estimate of drug-likeness (QED) is 0.707. The summed E-state index contributed by atoms with van der Waals surface area (Å²) in [5, 5.41) is 8.67. The third-order valence-electron chi connectivity index (χ3n) is 1.39. The first kappa shape index (κ1) is 8.49. The molecule has 0 bridgehead atoms. The predicted octanol–water partition coefficient (Wildman–Crippen LogP) is 1.66. The average molecular weight is 220 g/mol. The summed E-state index contributed by atoms with van der Waals surface area (Å²) < 4.78 is 13.2. The Labute approximate surface area is 72.0 Å². The third-order valence-corrected chi connectivity index (χ3v) is 2.01. The standard InChI is InChI=1S/C7H7BrFNO/c8-5-2-1-4(3-11)7(10)6(5)9/h1-2,11H,3,10H2. The van der Waals surface area contributed by atoms with Gasteiger partial charge in [0, 0.05) is 5.56 Å². The molecule has 0 aliphatic heterocycles. The smallest absolute Gasteiger partial charge is 0.160 e. The van der Waals surface area contributed by atoms with Crippen LogP contribution in [0.2, 0.25) is 0 Å². The van der Waals surface area contributed by atoms with Crippen LogP contribution in [0.3, 0.4) is 0 Å². The summed E-state index contributed by atoms with van der Waals surface area (Å²) in [6.07, 6.45) is 0. The van der Waals surface area contributed by atoms with Gasteiger partial charge in [-0.05, 0) is 22.0 Å². The van der Waals surface area contributed by atoms with E-state index in [0.717, 1.165) is 0 Å². The van der Waals surface area contributed by atoms with Gasteiger partial charge in [0.1, 0.15) is 0 Å². The van der Waals surface area contributed by atoms with Crippen molar-refractivity contribution >= 4 is 21.6 Å². The fourth-order valence-electron chi connectivity index (χ4n) is 0.744. The van der Waals surface area contributed by atoms with Gasteiger partial charge in [0.25, 0.3) is 0 Å². The fraction of sp³-hybridized carbons (Fsp3) is 0.143. The van der Waals surface area contributed by atoms with E-state index in [0.29, 0.717) is 10.0 Å². The highest BCUT2D eigenvalue weighted by Crippen LogP contribution is 2.23. The van der Waals surface area contributed by atoms with Crippen molar-refractivity contribution in [3.05, 3.63) is 28.0 Å². The molecule has 0 unspecified atom stereocenters. The molecule has 1 aromatic rings. The number of aliphatic hydroxyl groups excluding tert-OH is 1. The van der Waals surface area contributed by atoms with E-state index in [1.165, 1.54) is 6.07 Å². The molecule has 0 fully saturated rings. The number of nitrogens with two attached hydrogens (primary N) is 1. The van der Waals surface area contributed by atoms with Gasteiger partial charge in [0.05, 0.1) is 16.8 Å². The van der Waals surface area contributed by atoms with Crippen LogP contribution in [-0.2, 0) is 6.61 Å². The Kier molecular flexibility index (Phi) is 2.46. The van der Waals surface area contributed by atoms with E-state index in [2.05, 4.69) is 15.9 Å². The molecule has 60 valence electrons. The van der Waals surface area contributed by atoms with Crippen molar-refractivity contribution in [2.75, 3.05) is 5.73 Å². The Morgan fingerprint density at radius 1 is 1.55 bits per heavy atom. The van der Waals surface area contributed by atoms with Crippen LogP contribution in [0, 0.1) is 5.82 Å². The maximum atomic E-state index is 12.9. The molecule has 0 amide bonds. The molecule has 4 heteroatoms. The fourth-order valence-corrected chi connectivity index (χ4v) is 1.09. The lowest BCUT2D eigenvalue weighted by atomic mass is 10.2. The molecular weight excluding hydrogens is 213 g/mol. The van der Waals surface area contributed by atoms with E-state index in [1.54, 1.807) is 6.07 Å². The minimum absolute atomic E-state index is 0.00174. The van der Waals surface area contributed by atoms with Gasteiger partial charge in [-0.15, -0.1) is 0 Å². The monoisotopic (exact) mass is 219 g/mol. The summed E-state index contributed by atoms with van der Waals surface area (Å²) in [4.78, 5) is 0. The van der Waals surface area contributed by atoms with Gasteiger partial charge in [0.2, 0.25) is 0 Å². The summed E-state index contributed by atoms with van der Waals surface area (Å²) >= 11 is 2.97. The Morgan fingerprint density at radius 2 is 2.18 bits per heavy atom. The van der Waals surface area contributed by atoms with Crippen LogP contribution in [-0.4, -0.2) is 5.11 Å². The molecule has 0 saturated heterocycles. The second kappa shape index (κ2) is 3.19. The second-order valence-electron chi connectivity index (χ2n) is 2.09. The molecule has 0 aliphatic carbocycles. The highest BCUT2D eigenvalue weighted by atomic mass is 79.9. The Balaban J connectivity index is 3.25. The molecule has 0 radical (unpaired) electrons. The minimum atomic E-state index is -0.517. The van der Waals surface area contributed by atoms with Gasteiger partial charge in [-0.1, -0.05) is 6.07 Å². The zero-order valence-electron chi connectivity index (χ0n) is 5.64. The maximum absolute atomic E-state index is 12.9. The molecule has 1 rings (SSSR count). The van der Waals surface area contributed by atoms with E-state index in [1.807, 2.05) is 0 Å². The molecule has 11 heavy (non-hydrogen) atoms. The molecule has 0 saturated carbocycles. The predicted molar refractivity (Wildman–Crippen MR) is 44.4 cm³/mol. The number of hydrogen-bond acceptors (Lipinski definition) is 2. The molecule has 0 aromatic heterocycles. The van der Waals surface area contributed by atoms with E-state index >= 15 is 0 Å². The minimum Gasteiger partial charge on any atom is -0.396 e. The normalized spacial score (nSPS) is 10.1. The summed E-state index contributed by atoms with van der Waals surface area (Å²) in [6, 6.07) is 3.08. The average Bonchev–Trinajstić information content (AvgIpc) is 2.01. The van der Waals surface area contributed by atoms with Crippen molar-refractivity contribution in [2.24, 2.45) is 0 Å². The zero-order chi connectivity index (χ0) is 8.43. The molecule has 3 N–H and O–H groups in total. The topological polar surface area (TPSA) is 46.2 Å². The van der Waals surface area contributed by atoms with Crippen molar-refractivity contribution in [1.82, 2.24) is 0 Å². The van der Waals surface area contributed by atoms with Crippen LogP contribution in [0.4, 0.5) is 10.1 Å². The van der Waals surface area contributed by atoms with Gasteiger partial charge in [0.15, 0.2) is 5.82 Å². The number of aliphatic hydroxyl groups is 1. The van der Waals surface area contributed by atoms with Crippen molar-refractivity contribution in [3.63, 3.8) is 0 Å². The van der Waals surface area contributed by atoms with Crippen LogP contribution in [0.1, 0.15) is 5.56 Å². The van der Waals surface area contributed by atoms with Crippen molar-refractivity contribution in [3.8, 4) is 0 Å². The van der Waals surface area contributed by atoms with Crippen molar-refractivity contribution in [2.45, 2.75) is 6.61 Å². The summed E-state index contributed by atoms with van der Waals surface area (Å²) in [6.45, 7) is -0.240. The zero-order valence-corrected chi connectivity index (χ0v) is 7.23. The first-order valence-electron chi connectivity index (χ1n) is 3.00. The number of halogens is 2.